The van der Waals surface area contributed by atoms with Crippen LogP contribution in [0.4, 0.5) is 0 Å². The van der Waals surface area contributed by atoms with Crippen LogP contribution in [0, 0.1) is 0 Å². The highest BCUT2D eigenvalue weighted by Gasteiger charge is 1.93. The molecule has 0 radical (unpaired) electrons. The maximum absolute atomic E-state index is 9.13. The summed E-state index contributed by atoms with van der Waals surface area (Å²) < 4.78 is 0. The van der Waals surface area contributed by atoms with Gasteiger partial charge in [0.25, 0.3) is 0 Å². The van der Waals surface area contributed by atoms with Crippen molar-refractivity contribution in [2.45, 2.75) is 27.0 Å². The van der Waals surface area contributed by atoms with E-state index < -0.39 is 0 Å². The average Bonchev–Trinajstić information content (AvgIpc) is 2.03. The Morgan fingerprint density at radius 3 is 2.42 bits per heavy atom. The minimum Gasteiger partial charge on any atom is -0.512 e. The number of aliphatic hydroxyl groups excluding tert-OH is 1. The van der Waals surface area contributed by atoms with Gasteiger partial charge in [0.15, 0.2) is 0 Å². The summed E-state index contributed by atoms with van der Waals surface area (Å²) in [6.45, 7) is 9.44. The Balaban J connectivity index is 4.49. The summed E-state index contributed by atoms with van der Waals surface area (Å²) in [5.74, 6) is 0.380. The fourth-order valence-corrected chi connectivity index (χ4v) is 0.904. The third-order valence-corrected chi connectivity index (χ3v) is 1.77. The van der Waals surface area contributed by atoms with Gasteiger partial charge < -0.3 is 5.11 Å². The summed E-state index contributed by atoms with van der Waals surface area (Å²) in [4.78, 5) is 0. The maximum Gasteiger partial charge on any atom is 0.122 e. The highest BCUT2D eigenvalue weighted by molar-refractivity contribution is 6.34. The first kappa shape index (κ1) is 11.1. The fourth-order valence-electron chi connectivity index (χ4n) is 0.904. The molecule has 0 aliphatic carbocycles. The summed E-state index contributed by atoms with van der Waals surface area (Å²) in [6, 6.07) is 0. The second-order valence-electron chi connectivity index (χ2n) is 2.94. The van der Waals surface area contributed by atoms with Gasteiger partial charge >= 0.3 is 0 Å². The monoisotopic (exact) mass is 164 g/mol. The van der Waals surface area contributed by atoms with E-state index in [9.17, 15) is 0 Å². The van der Waals surface area contributed by atoms with Crippen LogP contribution in [0.25, 0.3) is 0 Å². The number of allylic oxidation sites excluding steroid dienone is 5. The van der Waals surface area contributed by atoms with Gasteiger partial charge in [0.05, 0.1) is 5.76 Å². The molecule has 0 aromatic rings. The fraction of sp³-hybridized carbons (Fsp3) is 0.400. The molecule has 0 saturated carbocycles. The molecular formula is C10H17BO. The van der Waals surface area contributed by atoms with Gasteiger partial charge in [-0.1, -0.05) is 37.4 Å². The number of rotatable bonds is 4. The van der Waals surface area contributed by atoms with E-state index in [-0.39, 0.29) is 0 Å². The molecule has 0 saturated heterocycles. The van der Waals surface area contributed by atoms with Crippen LogP contribution in [0.1, 0.15) is 13.8 Å². The highest BCUT2D eigenvalue weighted by atomic mass is 16.3. The van der Waals surface area contributed by atoms with Gasteiger partial charge in [-0.25, -0.2) is 0 Å². The molecule has 0 unspecified atom stereocenters. The minimum absolute atomic E-state index is 0.380. The van der Waals surface area contributed by atoms with Gasteiger partial charge in [0.1, 0.15) is 7.28 Å². The van der Waals surface area contributed by atoms with Crippen molar-refractivity contribution in [3.63, 3.8) is 0 Å². The van der Waals surface area contributed by atoms with Gasteiger partial charge in [0, 0.05) is 0 Å². The number of hydrogen-bond acceptors (Lipinski definition) is 1. The zero-order chi connectivity index (χ0) is 9.56. The van der Waals surface area contributed by atoms with E-state index in [1.54, 1.807) is 6.92 Å². The lowest BCUT2D eigenvalue weighted by Gasteiger charge is -2.00. The molecule has 0 bridgehead atoms. The molecule has 0 aliphatic rings. The standard InChI is InChI=1S/C10H17BO/c1-5-10(7-11-4)6-8(2)9(3)12/h5-6,11-12H,1,7H2,2-4H3/b9-8+,10-6+. The molecule has 0 aromatic heterocycles. The van der Waals surface area contributed by atoms with Crippen LogP contribution in [-0.4, -0.2) is 12.4 Å². The second kappa shape index (κ2) is 5.70. The summed E-state index contributed by atoms with van der Waals surface area (Å²) in [5.41, 5.74) is 2.10. The van der Waals surface area contributed by atoms with E-state index in [1.807, 2.05) is 19.1 Å². The topological polar surface area (TPSA) is 20.2 Å². The number of aliphatic hydroxyl groups is 1. The highest BCUT2D eigenvalue weighted by Crippen LogP contribution is 2.09. The molecule has 0 amide bonds. The largest absolute Gasteiger partial charge is 0.512 e. The summed E-state index contributed by atoms with van der Waals surface area (Å²) in [6.07, 6.45) is 4.84. The maximum atomic E-state index is 9.13. The van der Waals surface area contributed by atoms with Crippen molar-refractivity contribution in [3.8, 4) is 0 Å². The van der Waals surface area contributed by atoms with E-state index in [0.29, 0.717) is 5.76 Å². The molecule has 0 aliphatic heterocycles. The van der Waals surface area contributed by atoms with Crippen LogP contribution >= 0.6 is 0 Å². The van der Waals surface area contributed by atoms with E-state index in [4.69, 9.17) is 5.11 Å². The van der Waals surface area contributed by atoms with E-state index in [2.05, 4.69) is 13.4 Å². The normalized spacial score (nSPS) is 13.8. The Labute approximate surface area is 75.7 Å². The Hall–Kier alpha value is -0.915. The van der Waals surface area contributed by atoms with Crippen molar-refractivity contribution in [3.05, 3.63) is 35.6 Å². The van der Waals surface area contributed by atoms with Gasteiger partial charge in [-0.15, -0.1) is 0 Å². The third kappa shape index (κ3) is 4.07. The average molecular weight is 164 g/mol. The lowest BCUT2D eigenvalue weighted by atomic mass is 9.74. The molecule has 0 aromatic carbocycles. The molecule has 66 valence electrons. The Morgan fingerprint density at radius 2 is 2.08 bits per heavy atom. The quantitative estimate of drug-likeness (QED) is 0.384. The lowest BCUT2D eigenvalue weighted by molar-refractivity contribution is 0.409. The third-order valence-electron chi connectivity index (χ3n) is 1.77. The van der Waals surface area contributed by atoms with Crippen LogP contribution in [0.5, 0.6) is 0 Å². The minimum atomic E-state index is 0.380. The van der Waals surface area contributed by atoms with Crippen molar-refractivity contribution in [2.24, 2.45) is 0 Å². The van der Waals surface area contributed by atoms with Gasteiger partial charge in [0.2, 0.25) is 0 Å². The lowest BCUT2D eigenvalue weighted by Crippen LogP contribution is -1.86. The van der Waals surface area contributed by atoms with Crippen molar-refractivity contribution in [1.82, 2.24) is 0 Å². The molecule has 0 rings (SSSR count). The zero-order valence-corrected chi connectivity index (χ0v) is 8.22. The van der Waals surface area contributed by atoms with Crippen LogP contribution < -0.4 is 0 Å². The van der Waals surface area contributed by atoms with E-state index in [0.717, 1.165) is 19.2 Å². The molecule has 0 atom stereocenters. The van der Waals surface area contributed by atoms with Gasteiger partial charge in [-0.2, -0.15) is 0 Å². The predicted octanol–water partition coefficient (Wildman–Crippen LogP) is 2.85. The summed E-state index contributed by atoms with van der Waals surface area (Å²) in [7, 11) is 1.11. The first-order chi connectivity index (χ1) is 5.61. The van der Waals surface area contributed by atoms with Crippen molar-refractivity contribution in [1.29, 1.82) is 0 Å². The first-order valence-electron chi connectivity index (χ1n) is 4.31. The Bertz CT molecular complexity index is 210. The van der Waals surface area contributed by atoms with Gasteiger partial charge in [-0.3, -0.25) is 0 Å². The van der Waals surface area contributed by atoms with Crippen LogP contribution in [-0.2, 0) is 0 Å². The van der Waals surface area contributed by atoms with Crippen molar-refractivity contribution >= 4 is 7.28 Å². The van der Waals surface area contributed by atoms with Crippen molar-refractivity contribution in [2.75, 3.05) is 0 Å². The van der Waals surface area contributed by atoms with E-state index >= 15 is 0 Å². The Kier molecular flexibility index (Phi) is 5.26. The molecular weight excluding hydrogens is 147 g/mol. The molecule has 12 heavy (non-hydrogen) atoms. The van der Waals surface area contributed by atoms with E-state index in [1.165, 1.54) is 5.57 Å². The molecule has 1 N–H and O–H groups in total. The SMILES string of the molecule is C=C/C(=C\C(C)=C(/C)O)CBC. The zero-order valence-electron chi connectivity index (χ0n) is 8.22. The van der Waals surface area contributed by atoms with Crippen LogP contribution in [0.15, 0.2) is 35.6 Å². The number of hydrogen-bond donors (Lipinski definition) is 1. The molecule has 1 nitrogen and oxygen atoms in total. The van der Waals surface area contributed by atoms with Crippen molar-refractivity contribution < 1.29 is 5.11 Å². The second-order valence-corrected chi connectivity index (χ2v) is 2.94. The molecule has 0 spiro atoms. The first-order valence-corrected chi connectivity index (χ1v) is 4.31. The summed E-state index contributed by atoms with van der Waals surface area (Å²) in [5, 5.41) is 9.13. The summed E-state index contributed by atoms with van der Waals surface area (Å²) >= 11 is 0. The molecule has 0 fully saturated rings. The van der Waals surface area contributed by atoms with Gasteiger partial charge in [-0.05, 0) is 19.4 Å². The smallest absolute Gasteiger partial charge is 0.122 e. The van der Waals surface area contributed by atoms with Crippen LogP contribution in [0.2, 0.25) is 13.1 Å². The Morgan fingerprint density at radius 1 is 1.50 bits per heavy atom. The molecule has 2 heteroatoms. The molecule has 0 heterocycles. The van der Waals surface area contributed by atoms with Crippen LogP contribution in [0.3, 0.4) is 0 Å². The predicted molar refractivity (Wildman–Crippen MR) is 57.1 cm³/mol.